The first-order valence-electron chi connectivity index (χ1n) is 6.43. The number of fused-ring (bicyclic) bond motifs is 1. The molecule has 2 aliphatic rings. The summed E-state index contributed by atoms with van der Waals surface area (Å²) >= 11 is 0. The Labute approximate surface area is 177 Å². The molecule has 0 saturated carbocycles. The first-order valence-corrected chi connectivity index (χ1v) is 6.43. The second-order valence-electron chi connectivity index (χ2n) is 4.98. The van der Waals surface area contributed by atoms with Crippen molar-refractivity contribution < 1.29 is 85.6 Å². The smallest absolute Gasteiger partial charge is 0.480 e. The third kappa shape index (κ3) is 3.64. The van der Waals surface area contributed by atoms with Gasteiger partial charge in [0.25, 0.3) is 0 Å². The number of nitrogens with zero attached hydrogens (tertiary/aromatic N) is 3. The van der Waals surface area contributed by atoms with Gasteiger partial charge in [-0.2, -0.15) is 13.2 Å². The maximum absolute atomic E-state index is 14.0. The quantitative estimate of drug-likeness (QED) is 0.599. The van der Waals surface area contributed by atoms with Crippen molar-refractivity contribution in [1.82, 2.24) is 9.97 Å². The van der Waals surface area contributed by atoms with Gasteiger partial charge in [0, 0.05) is 6.42 Å². The van der Waals surface area contributed by atoms with Crippen LogP contribution in [-0.2, 0) is 10.9 Å². The first kappa shape index (κ1) is 19.3. The van der Waals surface area contributed by atoms with Crippen LogP contribution >= 0.6 is 0 Å². The van der Waals surface area contributed by atoms with Crippen molar-refractivity contribution in [3.8, 4) is 0 Å². The molecule has 3 rings (SSSR count). The van der Waals surface area contributed by atoms with Crippen LogP contribution in [0.15, 0.2) is 0 Å². The van der Waals surface area contributed by atoms with Gasteiger partial charge < -0.3 is 30.8 Å². The van der Waals surface area contributed by atoms with Crippen LogP contribution in [0.1, 0.15) is 12.2 Å². The van der Waals surface area contributed by atoms with Gasteiger partial charge in [0.2, 0.25) is 0 Å². The molecule has 0 amide bonds. The van der Waals surface area contributed by atoms with E-state index in [2.05, 4.69) is 15.3 Å². The second kappa shape index (κ2) is 7.04. The Bertz CT molecular complexity index is 590. The molecule has 1 saturated heterocycles. The Morgan fingerprint density at radius 1 is 1.39 bits per heavy atom. The van der Waals surface area contributed by atoms with E-state index in [4.69, 9.17) is 15.6 Å². The van der Waals surface area contributed by atoms with E-state index in [1.807, 2.05) is 0 Å². The van der Waals surface area contributed by atoms with Crippen molar-refractivity contribution in [2.75, 3.05) is 23.5 Å². The number of halogens is 4. The van der Waals surface area contributed by atoms with Gasteiger partial charge in [0.15, 0.2) is 12.0 Å². The molecule has 1 aromatic heterocycles. The molecule has 3 atom stereocenters. The monoisotopic (exact) mass is 407 g/mol. The molecule has 0 bridgehead atoms. The van der Waals surface area contributed by atoms with Crippen LogP contribution in [0.4, 0.5) is 34.9 Å². The number of hydrogen-bond donors (Lipinski definition) is 2. The van der Waals surface area contributed by atoms with Crippen molar-refractivity contribution in [3.63, 3.8) is 0 Å². The van der Waals surface area contributed by atoms with Crippen LogP contribution < -0.4 is 68.4 Å². The largest absolute Gasteiger partial charge is 1.00 e. The molecule has 1 aromatic rings. The topological polar surface area (TPSA) is 94.3 Å². The molecule has 2 aliphatic heterocycles. The zero-order valence-electron chi connectivity index (χ0n) is 12.1. The molecular formula is C11H12F4N5O2Rb. The maximum atomic E-state index is 14.0. The van der Waals surface area contributed by atoms with E-state index in [1.165, 1.54) is 4.90 Å². The van der Waals surface area contributed by atoms with Gasteiger partial charge in [-0.15, -0.1) is 0 Å². The summed E-state index contributed by atoms with van der Waals surface area (Å²) in [6.45, 7) is -0.438. The summed E-state index contributed by atoms with van der Waals surface area (Å²) in [6.07, 6.45) is -8.23. The predicted molar refractivity (Wildman–Crippen MR) is 67.2 cm³/mol. The average Bonchev–Trinajstić information content (AvgIpc) is 3.01. The van der Waals surface area contributed by atoms with Gasteiger partial charge in [-0.3, -0.25) is 0 Å². The van der Waals surface area contributed by atoms with Gasteiger partial charge in [0.1, 0.15) is 12.0 Å². The Balaban J connectivity index is 0.00000192. The molecule has 0 aromatic carbocycles. The van der Waals surface area contributed by atoms with Crippen LogP contribution in [0.3, 0.4) is 0 Å². The normalized spacial score (nSPS) is 26.7. The van der Waals surface area contributed by atoms with Crippen LogP contribution in [0, 0.1) is 0 Å². The molecule has 122 valence electrons. The Morgan fingerprint density at radius 2 is 2.09 bits per heavy atom. The van der Waals surface area contributed by atoms with Crippen LogP contribution in [0.2, 0.25) is 0 Å². The summed E-state index contributed by atoms with van der Waals surface area (Å²) in [5.41, 5.74) is 7.54. The zero-order valence-corrected chi connectivity index (χ0v) is 17.0. The number of ether oxygens (including phenoxy) is 1. The predicted octanol–water partition coefficient (Wildman–Crippen LogP) is -1.18. The molecule has 0 radical (unpaired) electrons. The van der Waals surface area contributed by atoms with E-state index in [1.54, 1.807) is 0 Å². The van der Waals surface area contributed by atoms with Gasteiger partial charge >= 0.3 is 64.4 Å². The molecule has 3 heterocycles. The van der Waals surface area contributed by atoms with Crippen molar-refractivity contribution >= 4 is 17.3 Å². The van der Waals surface area contributed by atoms with Crippen molar-refractivity contribution in [2.45, 2.75) is 31.1 Å². The van der Waals surface area contributed by atoms with Crippen molar-refractivity contribution in [2.24, 2.45) is 0 Å². The number of aromatic nitrogens is 2. The summed E-state index contributed by atoms with van der Waals surface area (Å²) in [5, 5.41) is 11.7. The van der Waals surface area contributed by atoms with Gasteiger partial charge in [0.05, 0.1) is 25.1 Å². The van der Waals surface area contributed by atoms with Gasteiger partial charge in [-0.1, -0.05) is 0 Å². The van der Waals surface area contributed by atoms with E-state index in [0.717, 1.165) is 0 Å². The van der Waals surface area contributed by atoms with Crippen LogP contribution in [0.25, 0.3) is 5.73 Å². The standard InChI is InChI=1S/C11H12F4N5O2.Rb/c12-5-1-4(2-21)22-9(5)20-3-17-6-7(16)18-10(11(13,14)15)19-8(6)20;/h4-5,9,17,21H,1-3H2,(H-,16,18,19);/q-1;+1. The number of hydrogen-bond acceptors (Lipinski definition) is 6. The van der Waals surface area contributed by atoms with E-state index >= 15 is 0 Å². The molecule has 0 aliphatic carbocycles. The third-order valence-electron chi connectivity index (χ3n) is 3.48. The number of alkyl halides is 4. The summed E-state index contributed by atoms with van der Waals surface area (Å²) in [6, 6.07) is 0. The van der Waals surface area contributed by atoms with E-state index in [0.29, 0.717) is 0 Å². The Morgan fingerprint density at radius 3 is 2.65 bits per heavy atom. The number of anilines is 2. The number of nitrogens with one attached hydrogen (secondary N) is 2. The fraction of sp³-hybridized carbons (Fsp3) is 0.636. The number of aliphatic hydroxyl groups excluding tert-OH is 1. The van der Waals surface area contributed by atoms with Gasteiger partial charge in [-0.25, -0.2) is 9.37 Å². The van der Waals surface area contributed by atoms with Crippen molar-refractivity contribution in [1.29, 1.82) is 0 Å². The minimum Gasteiger partial charge on any atom is -0.480 e. The Kier molecular flexibility index (Phi) is 5.89. The second-order valence-corrected chi connectivity index (χ2v) is 4.98. The van der Waals surface area contributed by atoms with E-state index in [-0.39, 0.29) is 89.4 Å². The molecule has 0 spiro atoms. The third-order valence-corrected chi connectivity index (χ3v) is 3.48. The van der Waals surface area contributed by atoms with E-state index < -0.39 is 36.3 Å². The van der Waals surface area contributed by atoms with Crippen LogP contribution in [-0.4, -0.2) is 46.9 Å². The molecule has 3 N–H and O–H groups in total. The molecule has 1 fully saturated rings. The molecule has 12 heteroatoms. The minimum atomic E-state index is -4.81. The van der Waals surface area contributed by atoms with E-state index in [9.17, 15) is 17.6 Å². The van der Waals surface area contributed by atoms with Gasteiger partial charge in [-0.05, 0) is 5.82 Å². The van der Waals surface area contributed by atoms with Crippen molar-refractivity contribution in [3.05, 3.63) is 11.6 Å². The summed E-state index contributed by atoms with van der Waals surface area (Å²) in [7, 11) is 0. The Hall–Kier alpha value is -0.0748. The first-order chi connectivity index (χ1) is 10.3. The number of rotatable bonds is 2. The maximum Gasteiger partial charge on any atom is 1.00 e. The van der Waals surface area contributed by atoms with Crippen LogP contribution in [0.5, 0.6) is 0 Å². The molecule has 3 unspecified atom stereocenters. The molecule has 7 nitrogen and oxygen atoms in total. The molecule has 23 heavy (non-hydrogen) atoms. The molecular weight excluding hydrogens is 396 g/mol. The zero-order chi connectivity index (χ0) is 16.1. The number of aliphatic hydroxyl groups is 1. The summed E-state index contributed by atoms with van der Waals surface area (Å²) in [4.78, 5) is 7.66. The average molecular weight is 408 g/mol. The minimum absolute atomic E-state index is 0. The summed E-state index contributed by atoms with van der Waals surface area (Å²) in [5.74, 6) is -2.30. The fourth-order valence-corrected chi connectivity index (χ4v) is 2.49. The summed E-state index contributed by atoms with van der Waals surface area (Å²) < 4.78 is 57.5. The fourth-order valence-electron chi connectivity index (χ4n) is 2.49. The SMILES string of the molecule is [NH-]c1nc(C(F)(F)F)nc2c1NCN2C1OC(CO)CC1F.[Rb+].